The van der Waals surface area contributed by atoms with E-state index < -0.39 is 0 Å². The van der Waals surface area contributed by atoms with Crippen molar-refractivity contribution in [2.24, 2.45) is 0 Å². The Hall–Kier alpha value is -2.10. The minimum absolute atomic E-state index is 0.00443. The number of carbonyl (C=O) groups excluding carboxylic acids is 2. The summed E-state index contributed by atoms with van der Waals surface area (Å²) in [4.78, 5) is 26.2. The van der Waals surface area contributed by atoms with Gasteiger partial charge in [0.15, 0.2) is 11.6 Å². The maximum atomic E-state index is 12.2. The first kappa shape index (κ1) is 13.9. The monoisotopic (exact) mass is 285 g/mol. The molecule has 3 rings (SSSR count). The standard InChI is InChI=1S/C17H19NO3/c1-18(2)10-14-15(19)8-13(9-16(14)20)11-3-4-17-12(7-11)5-6-21-17/h3-4,7,10,13H,5-6,8-9H2,1-2H3. The predicted octanol–water partition coefficient (Wildman–Crippen LogP) is 2.08. The Kier molecular flexibility index (Phi) is 3.53. The summed E-state index contributed by atoms with van der Waals surface area (Å²) in [6.07, 6.45) is 3.36. The van der Waals surface area contributed by atoms with E-state index in [4.69, 9.17) is 4.74 Å². The first-order chi connectivity index (χ1) is 10.0. The summed E-state index contributed by atoms with van der Waals surface area (Å²) in [6, 6.07) is 6.03. The third-order valence-corrected chi connectivity index (χ3v) is 4.04. The van der Waals surface area contributed by atoms with Gasteiger partial charge in [-0.1, -0.05) is 12.1 Å². The average Bonchev–Trinajstić information content (AvgIpc) is 2.89. The van der Waals surface area contributed by atoms with Crippen LogP contribution in [0.25, 0.3) is 0 Å². The quantitative estimate of drug-likeness (QED) is 0.616. The molecule has 1 aliphatic carbocycles. The van der Waals surface area contributed by atoms with Gasteiger partial charge in [0.25, 0.3) is 0 Å². The minimum Gasteiger partial charge on any atom is -0.493 e. The number of hydrogen-bond donors (Lipinski definition) is 0. The number of ether oxygens (including phenoxy) is 1. The Bertz CT molecular complexity index is 611. The van der Waals surface area contributed by atoms with Crippen LogP contribution >= 0.6 is 0 Å². The second-order valence-electron chi connectivity index (χ2n) is 5.92. The molecule has 4 nitrogen and oxygen atoms in total. The van der Waals surface area contributed by atoms with Crippen LogP contribution in [-0.4, -0.2) is 37.2 Å². The Morgan fingerprint density at radius 2 is 1.90 bits per heavy atom. The van der Waals surface area contributed by atoms with Gasteiger partial charge in [0.05, 0.1) is 12.2 Å². The Morgan fingerprint density at radius 3 is 2.57 bits per heavy atom. The number of benzene rings is 1. The smallest absolute Gasteiger partial charge is 0.168 e. The number of rotatable bonds is 2. The number of hydrogen-bond acceptors (Lipinski definition) is 4. The molecule has 0 aromatic heterocycles. The number of Topliss-reactive ketones (excluding diaryl/α,β-unsaturated/α-hetero) is 2. The maximum absolute atomic E-state index is 12.2. The molecule has 21 heavy (non-hydrogen) atoms. The van der Waals surface area contributed by atoms with Crippen LogP contribution in [0, 0.1) is 0 Å². The summed E-state index contributed by atoms with van der Waals surface area (Å²) in [5, 5.41) is 0. The summed E-state index contributed by atoms with van der Waals surface area (Å²) in [6.45, 7) is 0.719. The van der Waals surface area contributed by atoms with Crippen molar-refractivity contribution in [2.75, 3.05) is 20.7 Å². The van der Waals surface area contributed by atoms with E-state index in [9.17, 15) is 9.59 Å². The SMILES string of the molecule is CN(C)C=C1C(=O)CC(c2ccc3c(c2)CCO3)CC1=O. The van der Waals surface area contributed by atoms with E-state index in [1.54, 1.807) is 11.1 Å². The molecule has 1 aromatic carbocycles. The van der Waals surface area contributed by atoms with Crippen molar-refractivity contribution in [1.29, 1.82) is 0 Å². The summed E-state index contributed by atoms with van der Waals surface area (Å²) in [5.74, 6) is 0.819. The fraction of sp³-hybridized carbons (Fsp3) is 0.412. The molecule has 1 fully saturated rings. The number of fused-ring (bicyclic) bond motifs is 1. The second-order valence-corrected chi connectivity index (χ2v) is 5.92. The van der Waals surface area contributed by atoms with Crippen LogP contribution in [0.2, 0.25) is 0 Å². The summed E-state index contributed by atoms with van der Waals surface area (Å²) in [5.41, 5.74) is 2.59. The molecule has 0 amide bonds. The molecule has 0 spiro atoms. The molecule has 4 heteroatoms. The van der Waals surface area contributed by atoms with E-state index in [-0.39, 0.29) is 17.5 Å². The van der Waals surface area contributed by atoms with E-state index in [2.05, 4.69) is 6.07 Å². The second kappa shape index (κ2) is 5.35. The van der Waals surface area contributed by atoms with Crippen LogP contribution in [0.3, 0.4) is 0 Å². The van der Waals surface area contributed by atoms with Crippen molar-refractivity contribution >= 4 is 11.6 Å². The zero-order valence-electron chi connectivity index (χ0n) is 12.4. The largest absolute Gasteiger partial charge is 0.493 e. The lowest BCUT2D eigenvalue weighted by Crippen LogP contribution is -2.26. The van der Waals surface area contributed by atoms with Gasteiger partial charge in [0.2, 0.25) is 0 Å². The zero-order chi connectivity index (χ0) is 15.0. The van der Waals surface area contributed by atoms with Gasteiger partial charge in [0, 0.05) is 39.6 Å². The highest BCUT2D eigenvalue weighted by atomic mass is 16.5. The highest BCUT2D eigenvalue weighted by Gasteiger charge is 2.32. The van der Waals surface area contributed by atoms with Crippen molar-refractivity contribution in [3.05, 3.63) is 41.1 Å². The van der Waals surface area contributed by atoms with E-state index in [1.165, 1.54) is 5.56 Å². The molecule has 2 aliphatic rings. The van der Waals surface area contributed by atoms with Gasteiger partial charge in [-0.3, -0.25) is 9.59 Å². The Labute approximate surface area is 124 Å². The van der Waals surface area contributed by atoms with Gasteiger partial charge in [-0.05, 0) is 23.1 Å². The van der Waals surface area contributed by atoms with Crippen molar-refractivity contribution in [3.8, 4) is 5.75 Å². The summed E-state index contributed by atoms with van der Waals surface area (Å²) in [7, 11) is 3.64. The number of carbonyl (C=O) groups is 2. The van der Waals surface area contributed by atoms with E-state index in [0.717, 1.165) is 24.3 Å². The molecule has 0 atom stereocenters. The first-order valence-electron chi connectivity index (χ1n) is 7.25. The zero-order valence-corrected chi connectivity index (χ0v) is 12.4. The van der Waals surface area contributed by atoms with Crippen LogP contribution in [0.5, 0.6) is 5.75 Å². The van der Waals surface area contributed by atoms with Crippen molar-refractivity contribution in [1.82, 2.24) is 4.90 Å². The molecule has 1 aliphatic heterocycles. The van der Waals surface area contributed by atoms with E-state index in [0.29, 0.717) is 18.4 Å². The van der Waals surface area contributed by atoms with Crippen LogP contribution in [0.4, 0.5) is 0 Å². The molecule has 110 valence electrons. The average molecular weight is 285 g/mol. The molecule has 0 N–H and O–H groups in total. The molecule has 1 heterocycles. The number of ketones is 2. The number of nitrogens with zero attached hydrogens (tertiary/aromatic N) is 1. The van der Waals surface area contributed by atoms with Crippen LogP contribution in [0.15, 0.2) is 30.0 Å². The normalized spacial score (nSPS) is 21.0. The molecule has 0 unspecified atom stereocenters. The maximum Gasteiger partial charge on any atom is 0.168 e. The van der Waals surface area contributed by atoms with Crippen molar-refractivity contribution < 1.29 is 14.3 Å². The predicted molar refractivity (Wildman–Crippen MR) is 79.4 cm³/mol. The molecule has 1 saturated carbocycles. The van der Waals surface area contributed by atoms with Gasteiger partial charge < -0.3 is 9.64 Å². The molecule has 1 aromatic rings. The minimum atomic E-state index is -0.0540. The summed E-state index contributed by atoms with van der Waals surface area (Å²) < 4.78 is 5.50. The highest BCUT2D eigenvalue weighted by molar-refractivity contribution is 6.22. The third kappa shape index (κ3) is 2.71. The van der Waals surface area contributed by atoms with Gasteiger partial charge in [-0.25, -0.2) is 0 Å². The molecule has 0 radical (unpaired) electrons. The molecule has 0 saturated heterocycles. The topological polar surface area (TPSA) is 46.6 Å². The lowest BCUT2D eigenvalue weighted by Gasteiger charge is -2.23. The van der Waals surface area contributed by atoms with Gasteiger partial charge in [-0.15, -0.1) is 0 Å². The van der Waals surface area contributed by atoms with Gasteiger partial charge in [0.1, 0.15) is 5.75 Å². The molecular weight excluding hydrogens is 266 g/mol. The van der Waals surface area contributed by atoms with Gasteiger partial charge in [-0.2, -0.15) is 0 Å². The van der Waals surface area contributed by atoms with Crippen LogP contribution in [-0.2, 0) is 16.0 Å². The van der Waals surface area contributed by atoms with Crippen LogP contribution in [0.1, 0.15) is 29.9 Å². The highest BCUT2D eigenvalue weighted by Crippen LogP contribution is 2.35. The van der Waals surface area contributed by atoms with Crippen LogP contribution < -0.4 is 4.74 Å². The summed E-state index contributed by atoms with van der Waals surface area (Å²) >= 11 is 0. The van der Waals surface area contributed by atoms with Gasteiger partial charge >= 0.3 is 0 Å². The van der Waals surface area contributed by atoms with E-state index >= 15 is 0 Å². The molecule has 0 bridgehead atoms. The first-order valence-corrected chi connectivity index (χ1v) is 7.25. The Balaban J connectivity index is 1.83. The van der Waals surface area contributed by atoms with Crippen molar-refractivity contribution in [3.63, 3.8) is 0 Å². The van der Waals surface area contributed by atoms with Crippen molar-refractivity contribution in [2.45, 2.75) is 25.2 Å². The number of allylic oxidation sites excluding steroid dienone is 1. The molecular formula is C17H19NO3. The Morgan fingerprint density at radius 1 is 1.19 bits per heavy atom. The fourth-order valence-corrected chi connectivity index (χ4v) is 2.99. The lowest BCUT2D eigenvalue weighted by atomic mass is 9.80. The fourth-order valence-electron chi connectivity index (χ4n) is 2.99. The third-order valence-electron chi connectivity index (χ3n) is 4.04. The van der Waals surface area contributed by atoms with E-state index in [1.807, 2.05) is 26.2 Å². The lowest BCUT2D eigenvalue weighted by molar-refractivity contribution is -0.124.